The van der Waals surface area contributed by atoms with Crippen LogP contribution in [0.2, 0.25) is 0 Å². The van der Waals surface area contributed by atoms with Crippen molar-refractivity contribution < 1.29 is 4.42 Å². The molecule has 3 rings (SSSR count). The maximum atomic E-state index is 5.55. The second-order valence-electron chi connectivity index (χ2n) is 4.76. The number of anilines is 1. The molecular weight excluding hydrogens is 334 g/mol. The van der Waals surface area contributed by atoms with E-state index in [0.717, 1.165) is 27.4 Å². The van der Waals surface area contributed by atoms with Crippen LogP contribution in [0.4, 0.5) is 5.69 Å². The average molecular weight is 348 g/mol. The summed E-state index contributed by atoms with van der Waals surface area (Å²) in [5.41, 5.74) is 3.06. The van der Waals surface area contributed by atoms with Crippen molar-refractivity contribution in [1.29, 1.82) is 0 Å². The van der Waals surface area contributed by atoms with E-state index in [1.54, 1.807) is 11.0 Å². The number of rotatable bonds is 4. The van der Waals surface area contributed by atoms with Gasteiger partial charge >= 0.3 is 0 Å². The summed E-state index contributed by atoms with van der Waals surface area (Å²) >= 11 is 3.31. The summed E-state index contributed by atoms with van der Waals surface area (Å²) in [6, 6.07) is 9.96. The molecule has 0 aliphatic rings. The number of aromatic nitrogens is 4. The average Bonchev–Trinajstić information content (AvgIpc) is 3.10. The minimum absolute atomic E-state index is 0.0783. The van der Waals surface area contributed by atoms with Crippen molar-refractivity contribution in [2.45, 2.75) is 19.9 Å². The molecule has 0 radical (unpaired) electrons. The van der Waals surface area contributed by atoms with Gasteiger partial charge in [-0.1, -0.05) is 0 Å². The Labute approximate surface area is 130 Å². The largest absolute Gasteiger partial charge is 0.452 e. The molecule has 6 nitrogen and oxygen atoms in total. The number of halogens is 1. The molecule has 0 saturated carbocycles. The van der Waals surface area contributed by atoms with E-state index in [-0.39, 0.29) is 6.04 Å². The van der Waals surface area contributed by atoms with Crippen LogP contribution in [0.3, 0.4) is 0 Å². The highest BCUT2D eigenvalue weighted by atomic mass is 79.9. The van der Waals surface area contributed by atoms with Gasteiger partial charge in [-0.05, 0) is 76.1 Å². The van der Waals surface area contributed by atoms with E-state index < -0.39 is 0 Å². The van der Waals surface area contributed by atoms with Crippen molar-refractivity contribution in [3.8, 4) is 5.69 Å². The number of tetrazole rings is 1. The number of hydrogen-bond donors (Lipinski definition) is 1. The third-order valence-electron chi connectivity index (χ3n) is 3.20. The highest BCUT2D eigenvalue weighted by Crippen LogP contribution is 2.25. The number of nitrogens with one attached hydrogen (secondary N) is 1. The molecule has 3 aromatic rings. The Morgan fingerprint density at radius 3 is 2.76 bits per heavy atom. The summed E-state index contributed by atoms with van der Waals surface area (Å²) in [5.74, 6) is 0.879. The van der Waals surface area contributed by atoms with Crippen LogP contribution in [-0.4, -0.2) is 20.2 Å². The first kappa shape index (κ1) is 13.8. The van der Waals surface area contributed by atoms with Crippen LogP contribution in [0.25, 0.3) is 5.69 Å². The predicted molar refractivity (Wildman–Crippen MR) is 82.3 cm³/mol. The highest BCUT2D eigenvalue weighted by Gasteiger charge is 2.11. The Morgan fingerprint density at radius 2 is 2.14 bits per heavy atom. The van der Waals surface area contributed by atoms with Crippen LogP contribution in [-0.2, 0) is 0 Å². The molecule has 1 unspecified atom stereocenters. The minimum atomic E-state index is 0.0783. The Bertz CT molecular complexity index is 738. The lowest BCUT2D eigenvalue weighted by Gasteiger charge is -2.14. The Balaban J connectivity index is 1.79. The molecule has 0 amide bonds. The number of hydrogen-bond acceptors (Lipinski definition) is 5. The summed E-state index contributed by atoms with van der Waals surface area (Å²) in [7, 11) is 0. The molecule has 7 heteroatoms. The second kappa shape index (κ2) is 5.69. The lowest BCUT2D eigenvalue weighted by Crippen LogP contribution is -2.06. The molecule has 21 heavy (non-hydrogen) atoms. The van der Waals surface area contributed by atoms with E-state index in [9.17, 15) is 0 Å². The predicted octanol–water partition coefficient (Wildman–Crippen LogP) is 3.50. The third kappa shape index (κ3) is 2.97. The summed E-state index contributed by atoms with van der Waals surface area (Å²) in [5, 5.41) is 14.6. The first-order chi connectivity index (χ1) is 10.1. The Kier molecular flexibility index (Phi) is 3.74. The normalized spacial score (nSPS) is 12.3. The fraction of sp³-hybridized carbons (Fsp3) is 0.214. The van der Waals surface area contributed by atoms with Crippen molar-refractivity contribution in [1.82, 2.24) is 20.2 Å². The number of benzene rings is 1. The Hall–Kier alpha value is -2.15. The molecular formula is C14H14BrN5O. The van der Waals surface area contributed by atoms with E-state index in [4.69, 9.17) is 4.42 Å². The lowest BCUT2D eigenvalue weighted by atomic mass is 10.1. The molecule has 0 fully saturated rings. The van der Waals surface area contributed by atoms with Crippen molar-refractivity contribution >= 4 is 21.6 Å². The summed E-state index contributed by atoms with van der Waals surface area (Å²) < 4.78 is 7.93. The van der Waals surface area contributed by atoms with Gasteiger partial charge in [0.2, 0.25) is 0 Å². The summed E-state index contributed by atoms with van der Waals surface area (Å²) in [6.07, 6.45) is 1.58. The first-order valence-corrected chi connectivity index (χ1v) is 7.28. The number of nitrogens with zero attached hydrogens (tertiary/aromatic N) is 4. The van der Waals surface area contributed by atoms with Gasteiger partial charge in [0, 0.05) is 5.69 Å². The maximum Gasteiger partial charge on any atom is 0.169 e. The van der Waals surface area contributed by atoms with E-state index >= 15 is 0 Å². The van der Waals surface area contributed by atoms with Crippen molar-refractivity contribution in [3.63, 3.8) is 0 Å². The van der Waals surface area contributed by atoms with E-state index in [1.165, 1.54) is 0 Å². The van der Waals surface area contributed by atoms with E-state index in [2.05, 4.69) is 49.8 Å². The molecule has 0 saturated heterocycles. The van der Waals surface area contributed by atoms with Crippen molar-refractivity contribution in [2.24, 2.45) is 0 Å². The lowest BCUT2D eigenvalue weighted by molar-refractivity contribution is 0.471. The SMILES string of the molecule is Cc1cc(NC(C)c2ccc(Br)o2)ccc1-n1cnnn1. The second-order valence-corrected chi connectivity index (χ2v) is 5.55. The zero-order chi connectivity index (χ0) is 14.8. The molecule has 2 aromatic heterocycles. The van der Waals surface area contributed by atoms with E-state index in [0.29, 0.717) is 0 Å². The number of aryl methyl sites for hydroxylation is 1. The molecule has 1 aromatic carbocycles. The maximum absolute atomic E-state index is 5.55. The monoisotopic (exact) mass is 347 g/mol. The van der Waals surface area contributed by atoms with Gasteiger partial charge in [-0.15, -0.1) is 5.10 Å². The van der Waals surface area contributed by atoms with Crippen LogP contribution >= 0.6 is 15.9 Å². The van der Waals surface area contributed by atoms with Crippen LogP contribution in [0.5, 0.6) is 0 Å². The van der Waals surface area contributed by atoms with Gasteiger partial charge in [0.25, 0.3) is 0 Å². The van der Waals surface area contributed by atoms with Gasteiger partial charge < -0.3 is 9.73 Å². The van der Waals surface area contributed by atoms with Crippen molar-refractivity contribution in [2.75, 3.05) is 5.32 Å². The molecule has 0 bridgehead atoms. The van der Waals surface area contributed by atoms with Gasteiger partial charge in [-0.3, -0.25) is 0 Å². The fourth-order valence-corrected chi connectivity index (χ4v) is 2.48. The quantitative estimate of drug-likeness (QED) is 0.782. The topological polar surface area (TPSA) is 68.8 Å². The van der Waals surface area contributed by atoms with Crippen LogP contribution in [0.1, 0.15) is 24.3 Å². The smallest absolute Gasteiger partial charge is 0.169 e. The molecule has 1 atom stereocenters. The molecule has 0 aliphatic heterocycles. The minimum Gasteiger partial charge on any atom is -0.452 e. The van der Waals surface area contributed by atoms with Gasteiger partial charge in [0.15, 0.2) is 4.67 Å². The first-order valence-electron chi connectivity index (χ1n) is 6.49. The molecule has 0 aliphatic carbocycles. The van der Waals surface area contributed by atoms with Gasteiger partial charge in [-0.2, -0.15) is 0 Å². The van der Waals surface area contributed by atoms with Gasteiger partial charge in [0.05, 0.1) is 11.7 Å². The molecule has 1 N–H and O–H groups in total. The zero-order valence-electron chi connectivity index (χ0n) is 11.6. The van der Waals surface area contributed by atoms with Gasteiger partial charge in [-0.25, -0.2) is 4.68 Å². The van der Waals surface area contributed by atoms with E-state index in [1.807, 2.05) is 31.2 Å². The molecule has 108 valence electrons. The summed E-state index contributed by atoms with van der Waals surface area (Å²) in [6.45, 7) is 4.08. The zero-order valence-corrected chi connectivity index (χ0v) is 13.2. The fourth-order valence-electron chi connectivity index (χ4n) is 2.16. The summed E-state index contributed by atoms with van der Waals surface area (Å²) in [4.78, 5) is 0. The van der Waals surface area contributed by atoms with Crippen LogP contribution in [0, 0.1) is 6.92 Å². The molecule has 0 spiro atoms. The van der Waals surface area contributed by atoms with Crippen molar-refractivity contribution in [3.05, 3.63) is 52.7 Å². The Morgan fingerprint density at radius 1 is 1.29 bits per heavy atom. The standard InChI is InChI=1S/C14H14BrN5O/c1-9-7-11(3-4-12(9)20-8-16-18-19-20)17-10(2)13-5-6-14(15)21-13/h3-8,10,17H,1-2H3. The number of furan rings is 1. The third-order valence-corrected chi connectivity index (χ3v) is 3.62. The van der Waals surface area contributed by atoms with Gasteiger partial charge in [0.1, 0.15) is 12.1 Å². The highest BCUT2D eigenvalue weighted by molar-refractivity contribution is 9.10. The van der Waals surface area contributed by atoms with Crippen LogP contribution < -0.4 is 5.32 Å². The van der Waals surface area contributed by atoms with Crippen LogP contribution in [0.15, 0.2) is 45.7 Å². The molecule has 2 heterocycles.